The van der Waals surface area contributed by atoms with Crippen LogP contribution in [0.1, 0.15) is 15.9 Å². The van der Waals surface area contributed by atoms with E-state index in [2.05, 4.69) is 31.1 Å². The third-order valence-corrected chi connectivity index (χ3v) is 3.83. The summed E-state index contributed by atoms with van der Waals surface area (Å²) in [4.78, 5) is 45.1. The molecule has 2 aromatic heterocycles. The highest BCUT2D eigenvalue weighted by atomic mass is 16.6. The molecule has 1 amide bonds. The molecular weight excluding hydrogens is 396 g/mol. The van der Waals surface area contributed by atoms with Gasteiger partial charge in [-0.15, -0.1) is 0 Å². The summed E-state index contributed by atoms with van der Waals surface area (Å²) in [6.45, 7) is 0.216. The van der Waals surface area contributed by atoms with E-state index in [0.29, 0.717) is 0 Å². The molecule has 0 fully saturated rings. The van der Waals surface area contributed by atoms with Crippen LogP contribution in [0.15, 0.2) is 55.1 Å². The number of nitro groups is 2. The molecule has 2 heterocycles. The van der Waals surface area contributed by atoms with Crippen molar-refractivity contribution in [2.45, 2.75) is 6.54 Å². The van der Waals surface area contributed by atoms with E-state index in [1.807, 2.05) is 0 Å². The Kier molecular flexibility index (Phi) is 6.02. The number of para-hydroxylation sites is 1. The number of hydrogen-bond acceptors (Lipinski definition) is 10. The molecule has 0 bridgehead atoms. The van der Waals surface area contributed by atoms with Gasteiger partial charge >= 0.3 is 5.69 Å². The Labute approximate surface area is 168 Å². The number of aromatic nitrogens is 3. The van der Waals surface area contributed by atoms with Gasteiger partial charge in [-0.25, -0.2) is 9.97 Å². The van der Waals surface area contributed by atoms with Crippen molar-refractivity contribution in [3.63, 3.8) is 0 Å². The van der Waals surface area contributed by atoms with E-state index in [1.165, 1.54) is 24.3 Å². The van der Waals surface area contributed by atoms with Gasteiger partial charge in [-0.05, 0) is 17.7 Å². The van der Waals surface area contributed by atoms with Gasteiger partial charge in [0.2, 0.25) is 11.6 Å². The molecule has 3 aromatic rings. The first-order valence-corrected chi connectivity index (χ1v) is 8.39. The lowest BCUT2D eigenvalue weighted by Crippen LogP contribution is -2.31. The average molecular weight is 410 g/mol. The molecular formula is C17H14N8O5. The summed E-state index contributed by atoms with van der Waals surface area (Å²) in [6, 6.07) is 8.79. The van der Waals surface area contributed by atoms with Gasteiger partial charge < -0.3 is 5.32 Å². The van der Waals surface area contributed by atoms with Crippen molar-refractivity contribution in [1.29, 1.82) is 0 Å². The van der Waals surface area contributed by atoms with Crippen LogP contribution in [0, 0.1) is 20.2 Å². The van der Waals surface area contributed by atoms with Crippen LogP contribution in [-0.2, 0) is 6.54 Å². The molecule has 0 unspecified atom stereocenters. The summed E-state index contributed by atoms with van der Waals surface area (Å²) in [7, 11) is 0. The van der Waals surface area contributed by atoms with Gasteiger partial charge in [-0.3, -0.25) is 40.9 Å². The highest BCUT2D eigenvalue weighted by molar-refractivity contribution is 5.98. The molecule has 3 rings (SSSR count). The minimum absolute atomic E-state index is 0.0821. The molecule has 0 saturated heterocycles. The predicted molar refractivity (Wildman–Crippen MR) is 104 cm³/mol. The van der Waals surface area contributed by atoms with Crippen molar-refractivity contribution in [3.05, 3.63) is 86.5 Å². The van der Waals surface area contributed by atoms with Crippen LogP contribution in [-0.4, -0.2) is 30.7 Å². The molecule has 13 nitrogen and oxygen atoms in total. The van der Waals surface area contributed by atoms with Crippen molar-refractivity contribution < 1.29 is 14.6 Å². The molecule has 0 spiro atoms. The molecule has 30 heavy (non-hydrogen) atoms. The predicted octanol–water partition coefficient (Wildman–Crippen LogP) is 2.06. The number of anilines is 2. The normalized spacial score (nSPS) is 10.1. The standard InChI is InChI=1S/C17H14N8O5/c26-17(12-5-1-2-6-13(12)24(27)28)23-22-16-14(25(29)30)15(20-10-21-16)19-9-11-4-3-7-18-8-11/h1-8,10H,9H2,(H,23,26)(H2,19,20,21,22). The van der Waals surface area contributed by atoms with E-state index in [-0.39, 0.29) is 23.7 Å². The number of nitrogens with one attached hydrogen (secondary N) is 3. The average Bonchev–Trinajstić information content (AvgIpc) is 2.76. The maximum absolute atomic E-state index is 12.3. The van der Waals surface area contributed by atoms with E-state index in [1.54, 1.807) is 24.5 Å². The highest BCUT2D eigenvalue weighted by Crippen LogP contribution is 2.28. The molecule has 0 radical (unpaired) electrons. The highest BCUT2D eigenvalue weighted by Gasteiger charge is 2.24. The van der Waals surface area contributed by atoms with Gasteiger partial charge in [0.05, 0.1) is 9.85 Å². The fourth-order valence-corrected chi connectivity index (χ4v) is 2.47. The second kappa shape index (κ2) is 9.01. The second-order valence-electron chi connectivity index (χ2n) is 5.74. The number of hydrogen-bond donors (Lipinski definition) is 3. The van der Waals surface area contributed by atoms with Gasteiger partial charge in [0.15, 0.2) is 0 Å². The summed E-state index contributed by atoms with van der Waals surface area (Å²) in [5.41, 5.74) is 4.14. The van der Waals surface area contributed by atoms with E-state index in [0.717, 1.165) is 11.9 Å². The largest absolute Gasteiger partial charge is 0.360 e. The number of benzene rings is 1. The summed E-state index contributed by atoms with van der Waals surface area (Å²) in [5.74, 6) is -1.24. The maximum atomic E-state index is 12.3. The maximum Gasteiger partial charge on any atom is 0.354 e. The second-order valence-corrected chi connectivity index (χ2v) is 5.74. The molecule has 0 aliphatic carbocycles. The molecule has 13 heteroatoms. The van der Waals surface area contributed by atoms with Crippen LogP contribution in [0.5, 0.6) is 0 Å². The number of pyridine rings is 1. The Morgan fingerprint density at radius 3 is 2.47 bits per heavy atom. The zero-order valence-corrected chi connectivity index (χ0v) is 15.2. The first-order valence-electron chi connectivity index (χ1n) is 8.39. The monoisotopic (exact) mass is 410 g/mol. The number of hydrazine groups is 1. The minimum Gasteiger partial charge on any atom is -0.360 e. The van der Waals surface area contributed by atoms with E-state index >= 15 is 0 Å². The van der Waals surface area contributed by atoms with Crippen LogP contribution in [0.25, 0.3) is 0 Å². The van der Waals surface area contributed by atoms with Crippen molar-refractivity contribution in [2.75, 3.05) is 10.7 Å². The van der Waals surface area contributed by atoms with Gasteiger partial charge in [-0.2, -0.15) is 0 Å². The molecule has 0 saturated carbocycles. The third kappa shape index (κ3) is 4.59. The summed E-state index contributed by atoms with van der Waals surface area (Å²) >= 11 is 0. The van der Waals surface area contributed by atoms with Crippen LogP contribution in [0.2, 0.25) is 0 Å². The first-order chi connectivity index (χ1) is 14.5. The number of carbonyl (C=O) groups is 1. The van der Waals surface area contributed by atoms with Gasteiger partial charge in [0, 0.05) is 25.0 Å². The Morgan fingerprint density at radius 1 is 1.00 bits per heavy atom. The smallest absolute Gasteiger partial charge is 0.354 e. The first kappa shape index (κ1) is 20.1. The quantitative estimate of drug-likeness (QED) is 0.367. The lowest BCUT2D eigenvalue weighted by atomic mass is 10.2. The summed E-state index contributed by atoms with van der Waals surface area (Å²) in [5, 5.41) is 25.4. The number of nitrogens with zero attached hydrogens (tertiary/aromatic N) is 5. The molecule has 0 aliphatic heterocycles. The van der Waals surface area contributed by atoms with E-state index in [9.17, 15) is 25.0 Å². The van der Waals surface area contributed by atoms with Gasteiger partial charge in [0.25, 0.3) is 11.6 Å². The molecule has 1 aromatic carbocycles. The van der Waals surface area contributed by atoms with Crippen molar-refractivity contribution in [3.8, 4) is 0 Å². The van der Waals surface area contributed by atoms with Crippen LogP contribution < -0.4 is 16.2 Å². The van der Waals surface area contributed by atoms with Gasteiger partial charge in [-0.1, -0.05) is 18.2 Å². The SMILES string of the molecule is O=C(NNc1ncnc(NCc2cccnc2)c1[N+](=O)[O-])c1ccccc1[N+](=O)[O-]. The number of rotatable bonds is 8. The van der Waals surface area contributed by atoms with Crippen molar-refractivity contribution in [1.82, 2.24) is 20.4 Å². The fourth-order valence-electron chi connectivity index (χ4n) is 2.47. The molecule has 3 N–H and O–H groups in total. The molecule has 152 valence electrons. The number of amides is 1. The lowest BCUT2D eigenvalue weighted by molar-refractivity contribution is -0.385. The van der Waals surface area contributed by atoms with Crippen LogP contribution in [0.4, 0.5) is 23.0 Å². The Bertz CT molecular complexity index is 1090. The Morgan fingerprint density at radius 2 is 1.77 bits per heavy atom. The van der Waals surface area contributed by atoms with E-state index < -0.39 is 27.1 Å². The topological polar surface area (TPSA) is 178 Å². The van der Waals surface area contributed by atoms with Crippen molar-refractivity contribution >= 4 is 28.9 Å². The van der Waals surface area contributed by atoms with Crippen molar-refractivity contribution in [2.24, 2.45) is 0 Å². The fraction of sp³-hybridized carbons (Fsp3) is 0.0588. The molecule has 0 aliphatic rings. The van der Waals surface area contributed by atoms with Gasteiger partial charge in [0.1, 0.15) is 11.9 Å². The molecule has 0 atom stereocenters. The number of nitro benzene ring substituents is 1. The minimum atomic E-state index is -0.861. The van der Waals surface area contributed by atoms with E-state index in [4.69, 9.17) is 0 Å². The zero-order valence-electron chi connectivity index (χ0n) is 15.2. The Balaban J connectivity index is 1.78. The zero-order chi connectivity index (χ0) is 21.5. The summed E-state index contributed by atoms with van der Waals surface area (Å²) in [6.07, 6.45) is 4.25. The Hall–Kier alpha value is -4.68. The number of carbonyl (C=O) groups excluding carboxylic acids is 1. The summed E-state index contributed by atoms with van der Waals surface area (Å²) < 4.78 is 0. The lowest BCUT2D eigenvalue weighted by Gasteiger charge is -2.11. The van der Waals surface area contributed by atoms with Crippen LogP contribution >= 0.6 is 0 Å². The van der Waals surface area contributed by atoms with Crippen LogP contribution in [0.3, 0.4) is 0 Å². The third-order valence-electron chi connectivity index (χ3n) is 3.83.